The highest BCUT2D eigenvalue weighted by atomic mass is 35.5. The van der Waals surface area contributed by atoms with E-state index in [1.165, 1.54) is 0 Å². The molecular weight excluding hydrogens is 416 g/mol. The molecule has 0 aliphatic heterocycles. The van der Waals surface area contributed by atoms with Gasteiger partial charge in [-0.25, -0.2) is 4.68 Å². The molecule has 0 fully saturated rings. The van der Waals surface area contributed by atoms with E-state index in [9.17, 15) is 10.1 Å². The standard InChI is InChI=1S/C23H15ClN4OS/c24-18-8-10-19(11-9-18)26-23(29)16(14-25)13-17-15-28(20-5-2-1-3-6-20)27-22(17)21-7-4-12-30-21/h1-13,15H,(H,26,29). The first kappa shape index (κ1) is 19.6. The lowest BCUT2D eigenvalue weighted by atomic mass is 10.1. The van der Waals surface area contributed by atoms with Crippen molar-refractivity contribution in [2.75, 3.05) is 5.32 Å². The summed E-state index contributed by atoms with van der Waals surface area (Å²) in [5.74, 6) is -0.496. The normalized spacial score (nSPS) is 11.1. The van der Waals surface area contributed by atoms with Crippen LogP contribution in [-0.4, -0.2) is 15.7 Å². The van der Waals surface area contributed by atoms with Gasteiger partial charge in [-0.3, -0.25) is 4.79 Å². The summed E-state index contributed by atoms with van der Waals surface area (Å²) < 4.78 is 1.74. The van der Waals surface area contributed by atoms with Crippen molar-refractivity contribution in [2.24, 2.45) is 0 Å². The molecule has 0 radical (unpaired) electrons. The molecule has 30 heavy (non-hydrogen) atoms. The zero-order valence-corrected chi connectivity index (χ0v) is 17.2. The van der Waals surface area contributed by atoms with E-state index in [0.717, 1.165) is 10.6 Å². The maximum Gasteiger partial charge on any atom is 0.266 e. The van der Waals surface area contributed by atoms with Crippen LogP contribution in [0.3, 0.4) is 0 Å². The first-order valence-corrected chi connectivity index (χ1v) is 10.3. The van der Waals surface area contributed by atoms with Crippen molar-refractivity contribution in [1.29, 1.82) is 5.26 Å². The fourth-order valence-electron chi connectivity index (χ4n) is 2.85. The van der Waals surface area contributed by atoms with Crippen LogP contribution in [-0.2, 0) is 4.79 Å². The van der Waals surface area contributed by atoms with Gasteiger partial charge in [0.15, 0.2) is 0 Å². The summed E-state index contributed by atoms with van der Waals surface area (Å²) in [4.78, 5) is 13.6. The van der Waals surface area contributed by atoms with Gasteiger partial charge in [-0.1, -0.05) is 35.9 Å². The van der Waals surface area contributed by atoms with Crippen molar-refractivity contribution in [3.8, 4) is 22.3 Å². The van der Waals surface area contributed by atoms with Crippen LogP contribution >= 0.6 is 22.9 Å². The summed E-state index contributed by atoms with van der Waals surface area (Å²) in [6.45, 7) is 0. The van der Waals surface area contributed by atoms with Crippen LogP contribution < -0.4 is 5.32 Å². The summed E-state index contributed by atoms with van der Waals surface area (Å²) in [5, 5.41) is 19.5. The largest absolute Gasteiger partial charge is 0.321 e. The second-order valence-electron chi connectivity index (χ2n) is 6.32. The molecule has 2 aromatic carbocycles. The third-order valence-corrected chi connectivity index (χ3v) is 5.41. The first-order valence-electron chi connectivity index (χ1n) is 9.02. The number of nitriles is 1. The summed E-state index contributed by atoms with van der Waals surface area (Å²) >= 11 is 7.42. The van der Waals surface area contributed by atoms with Crippen molar-refractivity contribution in [3.05, 3.63) is 94.5 Å². The number of carbonyl (C=O) groups is 1. The van der Waals surface area contributed by atoms with Gasteiger partial charge in [0.05, 0.1) is 10.6 Å². The Labute approximate surface area is 182 Å². The van der Waals surface area contributed by atoms with E-state index in [1.807, 2.05) is 60.1 Å². The molecule has 0 spiro atoms. The molecule has 4 rings (SSSR count). The Balaban J connectivity index is 1.71. The molecule has 5 nitrogen and oxygen atoms in total. The van der Waals surface area contributed by atoms with Crippen molar-refractivity contribution in [2.45, 2.75) is 0 Å². The number of halogens is 1. The average molecular weight is 431 g/mol. The number of anilines is 1. The second kappa shape index (κ2) is 8.78. The Morgan fingerprint density at radius 3 is 2.53 bits per heavy atom. The lowest BCUT2D eigenvalue weighted by Gasteiger charge is -2.04. The summed E-state index contributed by atoms with van der Waals surface area (Å²) in [6, 6.07) is 22.3. The minimum Gasteiger partial charge on any atom is -0.321 e. The second-order valence-corrected chi connectivity index (χ2v) is 7.71. The molecule has 4 aromatic rings. The third kappa shape index (κ3) is 4.33. The molecular formula is C23H15ClN4OS. The van der Waals surface area contributed by atoms with Gasteiger partial charge in [0.1, 0.15) is 17.3 Å². The van der Waals surface area contributed by atoms with Crippen molar-refractivity contribution < 1.29 is 4.79 Å². The van der Waals surface area contributed by atoms with Crippen molar-refractivity contribution in [3.63, 3.8) is 0 Å². The molecule has 0 saturated carbocycles. The number of nitrogens with one attached hydrogen (secondary N) is 1. The summed E-state index contributed by atoms with van der Waals surface area (Å²) in [7, 11) is 0. The quantitative estimate of drug-likeness (QED) is 0.321. The van der Waals surface area contributed by atoms with Gasteiger partial charge >= 0.3 is 0 Å². The number of rotatable bonds is 5. The molecule has 0 atom stereocenters. The predicted octanol–water partition coefficient (Wildman–Crippen LogP) is 5.80. The number of thiophene rings is 1. The van der Waals surface area contributed by atoms with E-state index in [1.54, 1.807) is 46.4 Å². The minimum atomic E-state index is -0.496. The predicted molar refractivity (Wildman–Crippen MR) is 121 cm³/mol. The van der Waals surface area contributed by atoms with Gasteiger partial charge in [0.2, 0.25) is 0 Å². The van der Waals surface area contributed by atoms with Crippen LogP contribution in [0.15, 0.2) is 83.9 Å². The van der Waals surface area contributed by atoms with Gasteiger partial charge in [0, 0.05) is 22.5 Å². The number of hydrogen-bond acceptors (Lipinski definition) is 4. The zero-order valence-electron chi connectivity index (χ0n) is 15.6. The highest BCUT2D eigenvalue weighted by molar-refractivity contribution is 7.13. The molecule has 0 bridgehead atoms. The Bertz CT molecular complexity index is 1240. The van der Waals surface area contributed by atoms with E-state index in [-0.39, 0.29) is 5.57 Å². The highest BCUT2D eigenvalue weighted by Crippen LogP contribution is 2.29. The molecule has 0 aliphatic rings. The Morgan fingerprint density at radius 2 is 1.87 bits per heavy atom. The molecule has 1 amide bonds. The SMILES string of the molecule is N#CC(=Cc1cn(-c2ccccc2)nc1-c1cccs1)C(=O)Nc1ccc(Cl)cc1. The number of nitrogens with zero attached hydrogens (tertiary/aromatic N) is 3. The Morgan fingerprint density at radius 1 is 1.10 bits per heavy atom. The van der Waals surface area contributed by atoms with E-state index in [0.29, 0.717) is 22.0 Å². The van der Waals surface area contributed by atoms with Crippen molar-refractivity contribution >= 4 is 40.6 Å². The number of para-hydroxylation sites is 1. The van der Waals surface area contributed by atoms with E-state index in [4.69, 9.17) is 16.7 Å². The van der Waals surface area contributed by atoms with Gasteiger partial charge in [-0.05, 0) is 53.9 Å². The third-order valence-electron chi connectivity index (χ3n) is 4.28. The first-order chi connectivity index (χ1) is 14.6. The molecule has 1 N–H and O–H groups in total. The summed E-state index contributed by atoms with van der Waals surface area (Å²) in [6.07, 6.45) is 3.38. The number of carbonyl (C=O) groups excluding carboxylic acids is 1. The molecule has 146 valence electrons. The Hall–Kier alpha value is -3.66. The van der Waals surface area contributed by atoms with E-state index >= 15 is 0 Å². The molecule has 0 aliphatic carbocycles. The van der Waals surface area contributed by atoms with Crippen molar-refractivity contribution in [1.82, 2.24) is 9.78 Å². The minimum absolute atomic E-state index is 0.0182. The molecule has 0 saturated heterocycles. The maximum absolute atomic E-state index is 12.6. The lowest BCUT2D eigenvalue weighted by molar-refractivity contribution is -0.112. The van der Waals surface area contributed by atoms with Crippen LogP contribution in [0.25, 0.3) is 22.3 Å². The fourth-order valence-corrected chi connectivity index (χ4v) is 3.70. The van der Waals surface area contributed by atoms with Crippen LogP contribution in [0, 0.1) is 11.3 Å². The fraction of sp³-hybridized carbons (Fsp3) is 0. The molecule has 2 heterocycles. The van der Waals surface area contributed by atoms with Gasteiger partial charge in [0.25, 0.3) is 5.91 Å². The molecule has 0 unspecified atom stereocenters. The topological polar surface area (TPSA) is 70.7 Å². The Kier molecular flexibility index (Phi) is 5.75. The number of benzene rings is 2. The molecule has 2 aromatic heterocycles. The number of aromatic nitrogens is 2. The average Bonchev–Trinajstić information content (AvgIpc) is 3.44. The number of hydrogen-bond donors (Lipinski definition) is 1. The van der Waals surface area contributed by atoms with Crippen LogP contribution in [0.1, 0.15) is 5.56 Å². The van der Waals surface area contributed by atoms with E-state index in [2.05, 4.69) is 5.32 Å². The van der Waals surface area contributed by atoms with Gasteiger partial charge < -0.3 is 5.32 Å². The number of amides is 1. The van der Waals surface area contributed by atoms with Crippen LogP contribution in [0.2, 0.25) is 5.02 Å². The maximum atomic E-state index is 12.6. The van der Waals surface area contributed by atoms with Gasteiger partial charge in [-0.2, -0.15) is 10.4 Å². The highest BCUT2D eigenvalue weighted by Gasteiger charge is 2.16. The van der Waals surface area contributed by atoms with Crippen LogP contribution in [0.4, 0.5) is 5.69 Å². The lowest BCUT2D eigenvalue weighted by Crippen LogP contribution is -2.13. The van der Waals surface area contributed by atoms with Gasteiger partial charge in [-0.15, -0.1) is 11.3 Å². The molecule has 7 heteroatoms. The monoisotopic (exact) mass is 430 g/mol. The van der Waals surface area contributed by atoms with Crippen LogP contribution in [0.5, 0.6) is 0 Å². The smallest absolute Gasteiger partial charge is 0.266 e. The zero-order chi connectivity index (χ0) is 20.9. The van der Waals surface area contributed by atoms with E-state index < -0.39 is 5.91 Å². The summed E-state index contributed by atoms with van der Waals surface area (Å²) in [5.41, 5.74) is 2.82.